The van der Waals surface area contributed by atoms with Gasteiger partial charge in [-0.3, -0.25) is 0 Å². The molecule has 0 bridgehead atoms. The Hall–Kier alpha value is -0.820. The number of ether oxygens (including phenoxy) is 4. The van der Waals surface area contributed by atoms with Gasteiger partial charge in [0.1, 0.15) is 48.8 Å². The molecule has 20 atom stereocenters. The van der Waals surface area contributed by atoms with Crippen LogP contribution in [0.2, 0.25) is 0 Å². The van der Waals surface area contributed by atoms with Gasteiger partial charge >= 0.3 is 0 Å². The summed E-state index contributed by atoms with van der Waals surface area (Å²) in [4.78, 5) is 0. The molecule has 0 aromatic carbocycles. The van der Waals surface area contributed by atoms with Crippen LogP contribution in [-0.4, -0.2) is 150 Å². The zero-order valence-corrected chi connectivity index (χ0v) is 34.6. The van der Waals surface area contributed by atoms with Gasteiger partial charge in [-0.2, -0.15) is 0 Å². The molecule has 0 amide bonds. The van der Waals surface area contributed by atoms with Gasteiger partial charge in [-0.1, -0.05) is 53.2 Å². The van der Waals surface area contributed by atoms with Crippen LogP contribution in [0.25, 0.3) is 0 Å². The zero-order valence-electron chi connectivity index (χ0n) is 34.6. The second-order valence-corrected chi connectivity index (χ2v) is 20.3. The number of hydrogen-bond donors (Lipinski definition) is 10. The monoisotopic (exact) mass is 800 g/mol. The summed E-state index contributed by atoms with van der Waals surface area (Å²) in [6, 6.07) is 0. The molecule has 2 aliphatic heterocycles. The van der Waals surface area contributed by atoms with E-state index in [0.717, 1.165) is 32.1 Å². The maximum Gasteiger partial charge on any atom is 0.187 e. The van der Waals surface area contributed by atoms with E-state index in [-0.39, 0.29) is 45.5 Å². The first-order valence-electron chi connectivity index (χ1n) is 21.0. The fraction of sp³-hybridized carbons (Fsp3) is 0.952. The van der Waals surface area contributed by atoms with Gasteiger partial charge in [0.25, 0.3) is 0 Å². The Kier molecular flexibility index (Phi) is 12.7. The Morgan fingerprint density at radius 3 is 2.00 bits per heavy atom. The SMILES string of the molecule is C[C@H](CC[C@@H](O[C@@H]1O[C@H](CO[C@@H]2O[C@H](CO)[C@@H](O)[C@H](O)[C@H]2O)[C@@H](O)[C@H](O)[C@H]1O)C(C)(C)O)C1CC[C@@]2(C)C3CC=C4C(CC[C@H](O)C4(C)C)[C@]3(C)[C@H](O)C[C@]12C. The molecule has 0 spiro atoms. The molecular formula is C42H72O14. The largest absolute Gasteiger partial charge is 0.394 e. The van der Waals surface area contributed by atoms with Gasteiger partial charge in [0.15, 0.2) is 12.6 Å². The van der Waals surface area contributed by atoms with Crippen molar-refractivity contribution in [2.45, 2.75) is 192 Å². The molecule has 3 unspecified atom stereocenters. The quantitative estimate of drug-likeness (QED) is 0.132. The fourth-order valence-electron chi connectivity index (χ4n) is 12.6. The predicted molar refractivity (Wildman–Crippen MR) is 202 cm³/mol. The van der Waals surface area contributed by atoms with Crippen LogP contribution in [0.5, 0.6) is 0 Å². The number of fused-ring (bicyclic) bond motifs is 5. The van der Waals surface area contributed by atoms with E-state index in [2.05, 4.69) is 47.6 Å². The van der Waals surface area contributed by atoms with Crippen LogP contribution < -0.4 is 0 Å². The fourth-order valence-corrected chi connectivity index (χ4v) is 12.6. The highest BCUT2D eigenvalue weighted by atomic mass is 16.7. The van der Waals surface area contributed by atoms with E-state index < -0.39 is 92.4 Å². The van der Waals surface area contributed by atoms with Crippen LogP contribution in [0.15, 0.2) is 11.6 Å². The predicted octanol–water partition coefficient (Wildman–Crippen LogP) is 1.12. The highest BCUT2D eigenvalue weighted by molar-refractivity contribution is 5.31. The van der Waals surface area contributed by atoms with Gasteiger partial charge in [-0.05, 0) is 99.7 Å². The second kappa shape index (κ2) is 15.9. The standard InChI is InChI=1S/C42H72O14/c1-20(21-15-16-40(6)26-12-10-22-23(11-13-27(44)38(22,2)3)42(26,8)28(45)17-41(21,40)7)9-14-29(39(4,5)52)56-37-35(51)33(49)31(47)25(55-37)19-53-36-34(50)32(48)30(46)24(18-43)54-36/h10,20-21,23-37,43-52H,9,11-19H2,1-8H3/t20-,21?,23?,24-,25-,26?,27+,28-,29-,30-,31-,32+,33+,34-,35-,36-,37+,40+,41-,42+/m1/s1. The molecular weight excluding hydrogens is 728 g/mol. The Morgan fingerprint density at radius 2 is 1.38 bits per heavy atom. The summed E-state index contributed by atoms with van der Waals surface area (Å²) in [6.07, 6.45) is -8.48. The van der Waals surface area contributed by atoms with Crippen LogP contribution in [0, 0.1) is 45.3 Å². The summed E-state index contributed by atoms with van der Waals surface area (Å²) in [6.45, 7) is 15.7. The minimum Gasteiger partial charge on any atom is -0.394 e. The molecule has 6 aliphatic rings. The first kappa shape index (κ1) is 44.7. The Labute approximate surface area is 331 Å². The summed E-state index contributed by atoms with van der Waals surface area (Å²) in [5.74, 6) is 1.00. The van der Waals surface area contributed by atoms with Crippen molar-refractivity contribution in [3.8, 4) is 0 Å². The van der Waals surface area contributed by atoms with Crippen molar-refractivity contribution < 1.29 is 70.0 Å². The van der Waals surface area contributed by atoms with Crippen LogP contribution in [0.3, 0.4) is 0 Å². The summed E-state index contributed by atoms with van der Waals surface area (Å²) in [5, 5.41) is 107. The molecule has 14 heteroatoms. The van der Waals surface area contributed by atoms with Crippen molar-refractivity contribution in [2.75, 3.05) is 13.2 Å². The van der Waals surface area contributed by atoms with Gasteiger partial charge in [-0.15, -0.1) is 0 Å². The number of aliphatic hydroxyl groups excluding tert-OH is 9. The first-order valence-corrected chi connectivity index (χ1v) is 21.0. The molecule has 2 saturated heterocycles. The van der Waals surface area contributed by atoms with E-state index in [0.29, 0.717) is 25.2 Å². The molecule has 14 nitrogen and oxygen atoms in total. The van der Waals surface area contributed by atoms with E-state index in [1.54, 1.807) is 13.8 Å². The summed E-state index contributed by atoms with van der Waals surface area (Å²) < 4.78 is 23.1. The number of rotatable bonds is 11. The van der Waals surface area contributed by atoms with Crippen molar-refractivity contribution >= 4 is 0 Å². The topological polar surface area (TPSA) is 239 Å². The highest BCUT2D eigenvalue weighted by Crippen LogP contribution is 2.75. The third kappa shape index (κ3) is 7.26. The molecule has 0 radical (unpaired) electrons. The normalized spacial score (nSPS) is 50.3. The van der Waals surface area contributed by atoms with Gasteiger partial charge < -0.3 is 70.0 Å². The Bertz CT molecular complexity index is 1400. The average molecular weight is 801 g/mol. The molecule has 0 aromatic rings. The third-order valence-electron chi connectivity index (χ3n) is 16.6. The maximum absolute atomic E-state index is 12.3. The molecule has 4 aliphatic carbocycles. The van der Waals surface area contributed by atoms with Crippen LogP contribution >= 0.6 is 0 Å². The average Bonchev–Trinajstić information content (AvgIpc) is 3.40. The van der Waals surface area contributed by atoms with Crippen LogP contribution in [0.1, 0.15) is 107 Å². The van der Waals surface area contributed by atoms with Crippen molar-refractivity contribution in [3.05, 3.63) is 11.6 Å². The second-order valence-electron chi connectivity index (χ2n) is 20.3. The van der Waals surface area contributed by atoms with Crippen LogP contribution in [-0.2, 0) is 18.9 Å². The minimum absolute atomic E-state index is 0.0159. The van der Waals surface area contributed by atoms with E-state index in [4.69, 9.17) is 18.9 Å². The van der Waals surface area contributed by atoms with Gasteiger partial charge in [-0.25, -0.2) is 0 Å². The maximum atomic E-state index is 12.3. The van der Waals surface area contributed by atoms with Crippen molar-refractivity contribution in [3.63, 3.8) is 0 Å². The van der Waals surface area contributed by atoms with E-state index in [9.17, 15) is 51.1 Å². The first-order chi connectivity index (χ1) is 25.9. The molecule has 0 aromatic heterocycles. The van der Waals surface area contributed by atoms with Crippen LogP contribution in [0.4, 0.5) is 0 Å². The van der Waals surface area contributed by atoms with Gasteiger partial charge in [0, 0.05) is 10.8 Å². The zero-order chi connectivity index (χ0) is 41.5. The van der Waals surface area contributed by atoms with Crippen molar-refractivity contribution in [2.24, 2.45) is 45.3 Å². The smallest absolute Gasteiger partial charge is 0.187 e. The van der Waals surface area contributed by atoms with Gasteiger partial charge in [0.05, 0.1) is 37.1 Å². The molecule has 2 heterocycles. The Balaban J connectivity index is 1.13. The molecule has 5 fully saturated rings. The van der Waals surface area contributed by atoms with Crippen molar-refractivity contribution in [1.82, 2.24) is 0 Å². The minimum atomic E-state index is -1.71. The molecule has 324 valence electrons. The number of hydrogen-bond acceptors (Lipinski definition) is 14. The highest BCUT2D eigenvalue weighted by Gasteiger charge is 2.70. The summed E-state index contributed by atoms with van der Waals surface area (Å²) in [7, 11) is 0. The lowest BCUT2D eigenvalue weighted by atomic mass is 9.38. The van der Waals surface area contributed by atoms with Gasteiger partial charge in [0.2, 0.25) is 0 Å². The number of allylic oxidation sites excluding steroid dienone is 1. The molecule has 3 saturated carbocycles. The summed E-state index contributed by atoms with van der Waals surface area (Å²) in [5.41, 5.74) is -0.848. The molecule has 10 N–H and O–H groups in total. The molecule has 56 heavy (non-hydrogen) atoms. The van der Waals surface area contributed by atoms with E-state index in [1.165, 1.54) is 5.57 Å². The molecule has 6 rings (SSSR count). The third-order valence-corrected chi connectivity index (χ3v) is 16.6. The van der Waals surface area contributed by atoms with E-state index >= 15 is 0 Å². The Morgan fingerprint density at radius 1 is 0.768 bits per heavy atom. The summed E-state index contributed by atoms with van der Waals surface area (Å²) >= 11 is 0. The van der Waals surface area contributed by atoms with E-state index in [1.807, 2.05) is 0 Å². The number of aliphatic hydroxyl groups is 10. The lowest BCUT2D eigenvalue weighted by Gasteiger charge is -2.67. The lowest BCUT2D eigenvalue weighted by Crippen LogP contribution is -2.64. The lowest BCUT2D eigenvalue weighted by molar-refractivity contribution is -0.341. The van der Waals surface area contributed by atoms with Crippen molar-refractivity contribution in [1.29, 1.82) is 0 Å².